The van der Waals surface area contributed by atoms with Gasteiger partial charge in [-0.15, -0.1) is 11.8 Å². The van der Waals surface area contributed by atoms with Gasteiger partial charge in [-0.3, -0.25) is 14.4 Å². The number of amides is 1. The molecule has 4 rings (SSSR count). The fraction of sp³-hybridized carbons (Fsp3) is 0.125. The van der Waals surface area contributed by atoms with E-state index < -0.39 is 0 Å². The molecule has 4 nitrogen and oxygen atoms in total. The largest absolute Gasteiger partial charge is 0.325 e. The normalized spacial score (nSPS) is 12.3. The number of hydrogen-bond acceptors (Lipinski definition) is 4. The second-order valence-electron chi connectivity index (χ2n) is 6.90. The second-order valence-corrected chi connectivity index (χ2v) is 7.89. The van der Waals surface area contributed by atoms with Crippen LogP contribution in [0.2, 0.25) is 0 Å². The molecule has 0 heterocycles. The first kappa shape index (κ1) is 19.2. The summed E-state index contributed by atoms with van der Waals surface area (Å²) in [5, 5.41) is 2.82. The number of carbonyl (C=O) groups excluding carboxylic acids is 3. The molecule has 0 unspecified atom stereocenters. The van der Waals surface area contributed by atoms with Gasteiger partial charge in [-0.05, 0) is 24.1 Å². The minimum atomic E-state index is -0.237. The number of carbonyl (C=O) groups is 3. The van der Waals surface area contributed by atoms with E-state index in [1.54, 1.807) is 42.5 Å². The van der Waals surface area contributed by atoms with Crippen LogP contribution in [0.5, 0.6) is 0 Å². The summed E-state index contributed by atoms with van der Waals surface area (Å²) in [5.41, 5.74) is 4.16. The fourth-order valence-corrected chi connectivity index (χ4v) is 4.36. The van der Waals surface area contributed by atoms with Crippen molar-refractivity contribution in [2.45, 2.75) is 12.7 Å². The summed E-state index contributed by atoms with van der Waals surface area (Å²) < 4.78 is 0. The van der Waals surface area contributed by atoms with E-state index in [0.717, 1.165) is 5.75 Å². The number of anilines is 1. The van der Waals surface area contributed by atoms with Crippen LogP contribution in [0.1, 0.15) is 43.0 Å². The number of rotatable bonds is 5. The van der Waals surface area contributed by atoms with Crippen LogP contribution in [0.4, 0.5) is 5.69 Å². The van der Waals surface area contributed by atoms with Crippen molar-refractivity contribution in [2.24, 2.45) is 0 Å². The number of fused-ring (bicyclic) bond motifs is 2. The van der Waals surface area contributed by atoms with Crippen molar-refractivity contribution in [2.75, 3.05) is 11.1 Å². The van der Waals surface area contributed by atoms with Gasteiger partial charge in [-0.1, -0.05) is 60.7 Å². The quantitative estimate of drug-likeness (QED) is 0.529. The van der Waals surface area contributed by atoms with Crippen LogP contribution in [-0.4, -0.2) is 23.2 Å². The Hall–Kier alpha value is -3.18. The lowest BCUT2D eigenvalue weighted by molar-refractivity contribution is -0.113. The number of thioether (sulfide) groups is 1. The lowest BCUT2D eigenvalue weighted by Crippen LogP contribution is -2.24. The van der Waals surface area contributed by atoms with E-state index in [4.69, 9.17) is 0 Å². The van der Waals surface area contributed by atoms with Gasteiger partial charge in [0.1, 0.15) is 0 Å². The van der Waals surface area contributed by atoms with Gasteiger partial charge in [-0.25, -0.2) is 0 Å². The summed E-state index contributed by atoms with van der Waals surface area (Å²) in [6.07, 6.45) is 0. The first-order chi connectivity index (χ1) is 14.1. The number of hydrogen-bond donors (Lipinski definition) is 1. The summed E-state index contributed by atoms with van der Waals surface area (Å²) in [5.74, 6) is 0.365. The third kappa shape index (κ3) is 3.74. The highest BCUT2D eigenvalue weighted by Crippen LogP contribution is 2.32. The van der Waals surface area contributed by atoms with Gasteiger partial charge in [-0.2, -0.15) is 0 Å². The van der Waals surface area contributed by atoms with E-state index in [0.29, 0.717) is 22.4 Å². The van der Waals surface area contributed by atoms with Crippen LogP contribution in [-0.2, 0) is 10.5 Å². The van der Waals surface area contributed by atoms with E-state index in [-0.39, 0.29) is 28.8 Å². The minimum Gasteiger partial charge on any atom is -0.325 e. The van der Waals surface area contributed by atoms with Crippen molar-refractivity contribution in [3.8, 4) is 0 Å². The standard InChI is InChI=1S/C24H19NO3S/c1-15-7-2-3-8-16(15)13-29-14-21(26)25-20-12-6-11-19-22(20)24(28)18-10-5-4-9-17(18)23(19)27/h2-12H,13-14H2,1H3,(H,25,26). The van der Waals surface area contributed by atoms with Crippen LogP contribution in [0.25, 0.3) is 0 Å². The van der Waals surface area contributed by atoms with Crippen LogP contribution >= 0.6 is 11.8 Å². The third-order valence-electron chi connectivity index (χ3n) is 4.98. The summed E-state index contributed by atoms with van der Waals surface area (Å²) >= 11 is 1.51. The van der Waals surface area contributed by atoms with Crippen LogP contribution < -0.4 is 5.32 Å². The van der Waals surface area contributed by atoms with Gasteiger partial charge < -0.3 is 5.32 Å². The monoisotopic (exact) mass is 401 g/mol. The highest BCUT2D eigenvalue weighted by Gasteiger charge is 2.31. The first-order valence-corrected chi connectivity index (χ1v) is 10.5. The SMILES string of the molecule is Cc1ccccc1CSCC(=O)Nc1cccc2c1C(=O)c1ccccc1C2=O. The summed E-state index contributed by atoms with van der Waals surface area (Å²) in [4.78, 5) is 38.2. The summed E-state index contributed by atoms with van der Waals surface area (Å²) in [7, 11) is 0. The number of aryl methyl sites for hydroxylation is 1. The van der Waals surface area contributed by atoms with E-state index in [9.17, 15) is 14.4 Å². The molecular weight excluding hydrogens is 382 g/mol. The Kier molecular flexibility index (Phi) is 5.32. The van der Waals surface area contributed by atoms with Crippen molar-refractivity contribution < 1.29 is 14.4 Å². The predicted octanol–water partition coefficient (Wildman–Crippen LogP) is 4.64. The van der Waals surface area contributed by atoms with Gasteiger partial charge in [0, 0.05) is 22.4 Å². The molecule has 0 bridgehead atoms. The van der Waals surface area contributed by atoms with E-state index in [1.165, 1.54) is 22.9 Å². The lowest BCUT2D eigenvalue weighted by Gasteiger charge is -2.20. The maximum atomic E-state index is 13.0. The van der Waals surface area contributed by atoms with Gasteiger partial charge in [0.05, 0.1) is 17.0 Å². The average molecular weight is 401 g/mol. The Morgan fingerprint density at radius 2 is 1.48 bits per heavy atom. The Balaban J connectivity index is 1.50. The second kappa shape index (κ2) is 8.05. The van der Waals surface area contributed by atoms with E-state index >= 15 is 0 Å². The molecule has 3 aromatic rings. The Morgan fingerprint density at radius 3 is 2.24 bits per heavy atom. The fourth-order valence-electron chi connectivity index (χ4n) is 3.46. The van der Waals surface area contributed by atoms with Crippen molar-refractivity contribution in [3.05, 3.63) is 100 Å². The van der Waals surface area contributed by atoms with Crippen LogP contribution in [0.3, 0.4) is 0 Å². The molecule has 0 spiro atoms. The van der Waals surface area contributed by atoms with Crippen LogP contribution in [0, 0.1) is 6.92 Å². The lowest BCUT2D eigenvalue weighted by atomic mass is 9.83. The molecule has 0 radical (unpaired) electrons. The minimum absolute atomic E-state index is 0.194. The first-order valence-electron chi connectivity index (χ1n) is 9.30. The molecule has 0 atom stereocenters. The molecule has 144 valence electrons. The molecule has 1 aliphatic carbocycles. The molecule has 5 heteroatoms. The molecule has 0 aliphatic heterocycles. The predicted molar refractivity (Wildman–Crippen MR) is 116 cm³/mol. The zero-order valence-corrected chi connectivity index (χ0v) is 16.7. The summed E-state index contributed by atoms with van der Waals surface area (Å²) in [6, 6.07) is 19.9. The smallest absolute Gasteiger partial charge is 0.234 e. The number of benzene rings is 3. The van der Waals surface area contributed by atoms with Gasteiger partial charge in [0.2, 0.25) is 5.91 Å². The highest BCUT2D eigenvalue weighted by atomic mass is 32.2. The molecule has 3 aromatic carbocycles. The van der Waals surface area contributed by atoms with Crippen molar-refractivity contribution in [1.82, 2.24) is 0 Å². The van der Waals surface area contributed by atoms with Gasteiger partial charge in [0.25, 0.3) is 0 Å². The number of nitrogens with one attached hydrogen (secondary N) is 1. The molecule has 0 saturated carbocycles. The van der Waals surface area contributed by atoms with Crippen molar-refractivity contribution in [1.29, 1.82) is 0 Å². The molecule has 29 heavy (non-hydrogen) atoms. The molecule has 1 N–H and O–H groups in total. The summed E-state index contributed by atoms with van der Waals surface area (Å²) in [6.45, 7) is 2.05. The number of ketones is 2. The highest BCUT2D eigenvalue weighted by molar-refractivity contribution is 7.99. The molecule has 1 aliphatic rings. The molecule has 0 saturated heterocycles. The van der Waals surface area contributed by atoms with Crippen LogP contribution in [0.15, 0.2) is 66.7 Å². The zero-order valence-electron chi connectivity index (χ0n) is 15.9. The maximum Gasteiger partial charge on any atom is 0.234 e. The average Bonchev–Trinajstić information content (AvgIpc) is 2.73. The Labute approximate surface area is 173 Å². The Bertz CT molecular complexity index is 1140. The molecule has 1 amide bonds. The van der Waals surface area contributed by atoms with Crippen molar-refractivity contribution in [3.63, 3.8) is 0 Å². The maximum absolute atomic E-state index is 13.0. The van der Waals surface area contributed by atoms with E-state index in [1.807, 2.05) is 25.1 Å². The molecular formula is C24H19NO3S. The topological polar surface area (TPSA) is 63.2 Å². The van der Waals surface area contributed by atoms with E-state index in [2.05, 4.69) is 11.4 Å². The van der Waals surface area contributed by atoms with Gasteiger partial charge in [0.15, 0.2) is 11.6 Å². The Morgan fingerprint density at radius 1 is 0.828 bits per heavy atom. The molecule has 0 fully saturated rings. The van der Waals surface area contributed by atoms with Crippen molar-refractivity contribution >= 4 is 34.9 Å². The zero-order chi connectivity index (χ0) is 20.4. The third-order valence-corrected chi connectivity index (χ3v) is 5.96. The van der Waals surface area contributed by atoms with Gasteiger partial charge >= 0.3 is 0 Å². The molecule has 0 aromatic heterocycles.